The predicted molar refractivity (Wildman–Crippen MR) is 54.8 cm³/mol. The summed E-state index contributed by atoms with van der Waals surface area (Å²) in [7, 11) is 0. The van der Waals surface area contributed by atoms with Gasteiger partial charge < -0.3 is 5.73 Å². The van der Waals surface area contributed by atoms with Gasteiger partial charge >= 0.3 is 6.18 Å². The number of nitrogen functional groups attached to an aromatic ring is 1. The average Bonchev–Trinajstić information content (AvgIpc) is 2.69. The zero-order chi connectivity index (χ0) is 11.8. The van der Waals surface area contributed by atoms with Crippen LogP contribution in [0.15, 0.2) is 23.8 Å². The topological polar surface area (TPSA) is 51.8 Å². The van der Waals surface area contributed by atoms with Crippen molar-refractivity contribution in [2.75, 3.05) is 5.73 Å². The number of nitrogens with two attached hydrogens (primary N) is 1. The summed E-state index contributed by atoms with van der Waals surface area (Å²) in [5, 5.41) is 1.82. The maximum atomic E-state index is 12.7. The SMILES string of the molecule is Nc1cnc(-c2nccs2)c(C(F)(F)F)c1. The van der Waals surface area contributed by atoms with Crippen molar-refractivity contribution in [1.29, 1.82) is 0 Å². The van der Waals surface area contributed by atoms with E-state index in [0.717, 1.165) is 17.4 Å². The fourth-order valence-electron chi connectivity index (χ4n) is 1.21. The van der Waals surface area contributed by atoms with Gasteiger partial charge in [-0.25, -0.2) is 4.98 Å². The van der Waals surface area contributed by atoms with Crippen LogP contribution in [0.2, 0.25) is 0 Å². The van der Waals surface area contributed by atoms with E-state index in [9.17, 15) is 13.2 Å². The van der Waals surface area contributed by atoms with E-state index in [0.29, 0.717) is 0 Å². The zero-order valence-electron chi connectivity index (χ0n) is 7.82. The highest BCUT2D eigenvalue weighted by Crippen LogP contribution is 2.37. The Morgan fingerprint density at radius 1 is 1.25 bits per heavy atom. The second-order valence-electron chi connectivity index (χ2n) is 3.00. The molecule has 0 radical (unpaired) electrons. The Hall–Kier alpha value is -1.63. The number of rotatable bonds is 1. The van der Waals surface area contributed by atoms with E-state index in [1.54, 1.807) is 5.38 Å². The number of anilines is 1. The first-order valence-corrected chi connectivity index (χ1v) is 5.09. The van der Waals surface area contributed by atoms with E-state index < -0.39 is 11.7 Å². The molecule has 0 aliphatic heterocycles. The zero-order valence-corrected chi connectivity index (χ0v) is 8.64. The number of pyridine rings is 1. The number of halogens is 3. The van der Waals surface area contributed by atoms with Gasteiger partial charge in [-0.15, -0.1) is 11.3 Å². The van der Waals surface area contributed by atoms with Gasteiger partial charge in [0.05, 0.1) is 17.4 Å². The Kier molecular flexibility index (Phi) is 2.55. The van der Waals surface area contributed by atoms with Crippen molar-refractivity contribution in [2.24, 2.45) is 0 Å². The van der Waals surface area contributed by atoms with Crippen LogP contribution in [0.3, 0.4) is 0 Å². The molecule has 0 aliphatic rings. The fourth-order valence-corrected chi connectivity index (χ4v) is 1.85. The second-order valence-corrected chi connectivity index (χ2v) is 3.89. The molecule has 2 rings (SSSR count). The summed E-state index contributed by atoms with van der Waals surface area (Å²) < 4.78 is 38.1. The van der Waals surface area contributed by atoms with Crippen LogP contribution in [0.1, 0.15) is 5.56 Å². The Bertz CT molecular complexity index is 493. The lowest BCUT2D eigenvalue weighted by Crippen LogP contribution is -2.09. The minimum Gasteiger partial charge on any atom is -0.397 e. The first kappa shape index (κ1) is 10.9. The van der Waals surface area contributed by atoms with Crippen LogP contribution in [0, 0.1) is 0 Å². The summed E-state index contributed by atoms with van der Waals surface area (Å²) in [6.45, 7) is 0. The van der Waals surface area contributed by atoms with Crippen LogP contribution in [0.5, 0.6) is 0 Å². The Balaban J connectivity index is 2.62. The van der Waals surface area contributed by atoms with Gasteiger partial charge in [0.2, 0.25) is 0 Å². The largest absolute Gasteiger partial charge is 0.418 e. The molecule has 0 saturated heterocycles. The van der Waals surface area contributed by atoms with E-state index >= 15 is 0 Å². The van der Waals surface area contributed by atoms with Crippen molar-refractivity contribution >= 4 is 17.0 Å². The number of thiazole rings is 1. The number of nitrogens with zero attached hydrogens (tertiary/aromatic N) is 2. The molecular formula is C9H6F3N3S. The number of alkyl halides is 3. The summed E-state index contributed by atoms with van der Waals surface area (Å²) in [4.78, 5) is 7.50. The molecule has 0 unspecified atom stereocenters. The van der Waals surface area contributed by atoms with Crippen molar-refractivity contribution in [2.45, 2.75) is 6.18 Å². The summed E-state index contributed by atoms with van der Waals surface area (Å²) in [6.07, 6.45) is -1.87. The van der Waals surface area contributed by atoms with Gasteiger partial charge in [-0.2, -0.15) is 13.2 Å². The predicted octanol–water partition coefficient (Wildman–Crippen LogP) is 2.81. The molecule has 0 saturated carbocycles. The van der Waals surface area contributed by atoms with Gasteiger partial charge in [0.1, 0.15) is 10.7 Å². The lowest BCUT2D eigenvalue weighted by atomic mass is 10.2. The minimum atomic E-state index is -4.48. The third-order valence-electron chi connectivity index (χ3n) is 1.85. The van der Waals surface area contributed by atoms with Gasteiger partial charge in [-0.3, -0.25) is 4.98 Å². The third kappa shape index (κ3) is 1.99. The quantitative estimate of drug-likeness (QED) is 0.840. The van der Waals surface area contributed by atoms with Gasteiger partial charge in [0.15, 0.2) is 0 Å². The van der Waals surface area contributed by atoms with Gasteiger partial charge in [0, 0.05) is 11.6 Å². The van der Waals surface area contributed by atoms with Crippen molar-refractivity contribution in [3.8, 4) is 10.7 Å². The molecular weight excluding hydrogens is 239 g/mol. The average molecular weight is 245 g/mol. The summed E-state index contributed by atoms with van der Waals surface area (Å²) in [6, 6.07) is 0.865. The lowest BCUT2D eigenvalue weighted by Gasteiger charge is -2.10. The highest BCUT2D eigenvalue weighted by molar-refractivity contribution is 7.13. The van der Waals surface area contributed by atoms with Crippen LogP contribution in [-0.2, 0) is 6.18 Å². The standard InChI is InChI=1S/C9H6F3N3S/c10-9(11,12)6-3-5(13)4-15-7(6)8-14-1-2-16-8/h1-4H,13H2. The lowest BCUT2D eigenvalue weighted by molar-refractivity contribution is -0.137. The summed E-state index contributed by atoms with van der Waals surface area (Å²) in [5.41, 5.74) is 4.23. The molecule has 0 spiro atoms. The summed E-state index contributed by atoms with van der Waals surface area (Å²) in [5.74, 6) is 0. The highest BCUT2D eigenvalue weighted by Gasteiger charge is 2.35. The Morgan fingerprint density at radius 3 is 2.56 bits per heavy atom. The number of hydrogen-bond acceptors (Lipinski definition) is 4. The molecule has 7 heteroatoms. The number of aromatic nitrogens is 2. The van der Waals surface area contributed by atoms with Crippen molar-refractivity contribution in [3.05, 3.63) is 29.4 Å². The van der Waals surface area contributed by atoms with E-state index in [1.807, 2.05) is 0 Å². The van der Waals surface area contributed by atoms with Gasteiger partial charge in [-0.1, -0.05) is 0 Å². The summed E-state index contributed by atoms with van der Waals surface area (Å²) >= 11 is 1.10. The molecule has 2 N–H and O–H groups in total. The molecule has 2 aromatic heterocycles. The molecule has 0 bridgehead atoms. The smallest absolute Gasteiger partial charge is 0.397 e. The molecule has 2 aromatic rings. The Morgan fingerprint density at radius 2 is 2.00 bits per heavy atom. The maximum absolute atomic E-state index is 12.7. The van der Waals surface area contributed by atoms with E-state index in [1.165, 1.54) is 12.4 Å². The molecule has 3 nitrogen and oxygen atoms in total. The first-order chi connectivity index (χ1) is 7.48. The van der Waals surface area contributed by atoms with Crippen LogP contribution < -0.4 is 5.73 Å². The van der Waals surface area contributed by atoms with Crippen LogP contribution in [0.4, 0.5) is 18.9 Å². The highest BCUT2D eigenvalue weighted by atomic mass is 32.1. The van der Waals surface area contributed by atoms with Crippen LogP contribution in [-0.4, -0.2) is 9.97 Å². The molecule has 2 heterocycles. The molecule has 0 fully saturated rings. The van der Waals surface area contributed by atoms with Gasteiger partial charge in [-0.05, 0) is 6.07 Å². The minimum absolute atomic E-state index is 0.0207. The maximum Gasteiger partial charge on any atom is 0.418 e. The van der Waals surface area contributed by atoms with Crippen molar-refractivity contribution in [3.63, 3.8) is 0 Å². The first-order valence-electron chi connectivity index (χ1n) is 4.21. The normalized spacial score (nSPS) is 11.7. The van der Waals surface area contributed by atoms with Crippen LogP contribution >= 0.6 is 11.3 Å². The van der Waals surface area contributed by atoms with Crippen molar-refractivity contribution in [1.82, 2.24) is 9.97 Å². The molecule has 84 valence electrons. The van der Waals surface area contributed by atoms with E-state index in [2.05, 4.69) is 9.97 Å². The molecule has 16 heavy (non-hydrogen) atoms. The molecule has 0 aromatic carbocycles. The van der Waals surface area contributed by atoms with Gasteiger partial charge in [0.25, 0.3) is 0 Å². The van der Waals surface area contributed by atoms with E-state index in [4.69, 9.17) is 5.73 Å². The second kappa shape index (κ2) is 3.75. The molecule has 0 aliphatic carbocycles. The number of hydrogen-bond donors (Lipinski definition) is 1. The fraction of sp³-hybridized carbons (Fsp3) is 0.111. The third-order valence-corrected chi connectivity index (χ3v) is 2.63. The monoisotopic (exact) mass is 245 g/mol. The molecule has 0 amide bonds. The molecule has 0 atom stereocenters. The van der Waals surface area contributed by atoms with E-state index in [-0.39, 0.29) is 16.4 Å². The van der Waals surface area contributed by atoms with Crippen LogP contribution in [0.25, 0.3) is 10.7 Å². The van der Waals surface area contributed by atoms with Crippen molar-refractivity contribution < 1.29 is 13.2 Å². The Labute approximate surface area is 92.8 Å².